The molecule has 1 aliphatic rings. The van der Waals surface area contributed by atoms with E-state index in [9.17, 15) is 5.11 Å². The minimum atomic E-state index is -0.581. The molecular formula is C21H31N3O. The second kappa shape index (κ2) is 7.30. The van der Waals surface area contributed by atoms with Gasteiger partial charge in [0.2, 0.25) is 0 Å². The normalized spacial score (nSPS) is 19.3. The first-order valence-electron chi connectivity index (χ1n) is 9.35. The van der Waals surface area contributed by atoms with Crippen LogP contribution in [0.25, 0.3) is 0 Å². The third kappa shape index (κ3) is 4.71. The van der Waals surface area contributed by atoms with Gasteiger partial charge in [0.15, 0.2) is 0 Å². The van der Waals surface area contributed by atoms with E-state index in [1.165, 1.54) is 23.2 Å². The van der Waals surface area contributed by atoms with Crippen molar-refractivity contribution in [1.82, 2.24) is 14.7 Å². The molecule has 0 bridgehead atoms. The van der Waals surface area contributed by atoms with Crippen molar-refractivity contribution in [1.29, 1.82) is 0 Å². The summed E-state index contributed by atoms with van der Waals surface area (Å²) in [5.41, 5.74) is 4.31. The fraction of sp³-hybridized carbons (Fsp3) is 0.571. The Kier molecular flexibility index (Phi) is 5.30. The second-order valence-corrected chi connectivity index (χ2v) is 8.13. The molecule has 0 radical (unpaired) electrons. The first-order chi connectivity index (χ1) is 11.8. The number of benzene rings is 1. The van der Waals surface area contributed by atoms with Crippen molar-refractivity contribution in [3.63, 3.8) is 0 Å². The highest BCUT2D eigenvalue weighted by Crippen LogP contribution is 2.27. The van der Waals surface area contributed by atoms with Crippen molar-refractivity contribution in [2.24, 2.45) is 5.92 Å². The van der Waals surface area contributed by atoms with Gasteiger partial charge in [-0.15, -0.1) is 0 Å². The van der Waals surface area contributed by atoms with Crippen molar-refractivity contribution < 1.29 is 5.11 Å². The number of hydrogen-bond donors (Lipinski definition) is 1. The molecule has 1 fully saturated rings. The van der Waals surface area contributed by atoms with Gasteiger partial charge in [0.05, 0.1) is 17.8 Å². The fourth-order valence-electron chi connectivity index (χ4n) is 3.79. The lowest BCUT2D eigenvalue weighted by Gasteiger charge is -2.38. The van der Waals surface area contributed by atoms with Crippen molar-refractivity contribution in [2.45, 2.75) is 59.2 Å². The lowest BCUT2D eigenvalue weighted by molar-refractivity contribution is -0.0198. The molecule has 1 saturated heterocycles. The maximum absolute atomic E-state index is 10.3. The average molecular weight is 341 g/mol. The third-order valence-corrected chi connectivity index (χ3v) is 5.37. The second-order valence-electron chi connectivity index (χ2n) is 8.13. The first-order valence-corrected chi connectivity index (χ1v) is 9.35. The molecule has 0 aliphatic carbocycles. The van der Waals surface area contributed by atoms with Crippen molar-refractivity contribution >= 4 is 0 Å². The number of nitrogens with zero attached hydrogens (tertiary/aromatic N) is 3. The van der Waals surface area contributed by atoms with Gasteiger partial charge in [-0.2, -0.15) is 5.10 Å². The highest BCUT2D eigenvalue weighted by Gasteiger charge is 2.31. The number of aryl methyl sites for hydroxylation is 2. The molecular weight excluding hydrogens is 310 g/mol. The summed E-state index contributed by atoms with van der Waals surface area (Å²) in [7, 11) is 0. The van der Waals surface area contributed by atoms with E-state index >= 15 is 0 Å². The van der Waals surface area contributed by atoms with Crippen LogP contribution < -0.4 is 0 Å². The molecule has 2 heterocycles. The molecule has 1 aliphatic heterocycles. The Labute approximate surface area is 151 Å². The summed E-state index contributed by atoms with van der Waals surface area (Å²) >= 11 is 0. The Balaban J connectivity index is 1.60. The van der Waals surface area contributed by atoms with Gasteiger partial charge in [-0.05, 0) is 70.2 Å². The number of rotatable bonds is 5. The molecule has 3 rings (SSSR count). The smallest absolute Gasteiger partial charge is 0.0662 e. The summed E-state index contributed by atoms with van der Waals surface area (Å²) in [5.74, 6) is 0.367. The van der Waals surface area contributed by atoms with Crippen LogP contribution in [0, 0.1) is 19.8 Å². The minimum Gasteiger partial charge on any atom is -0.390 e. The van der Waals surface area contributed by atoms with Gasteiger partial charge in [-0.1, -0.05) is 24.3 Å². The average Bonchev–Trinajstić information content (AvgIpc) is 2.86. The molecule has 4 heteroatoms. The van der Waals surface area contributed by atoms with Gasteiger partial charge < -0.3 is 5.11 Å². The minimum absolute atomic E-state index is 0.367. The molecule has 1 N–H and O–H groups in total. The molecule has 1 aromatic heterocycles. The van der Waals surface area contributed by atoms with Crippen LogP contribution in [-0.4, -0.2) is 38.5 Å². The van der Waals surface area contributed by atoms with E-state index in [4.69, 9.17) is 0 Å². The zero-order valence-electron chi connectivity index (χ0n) is 16.0. The third-order valence-electron chi connectivity index (χ3n) is 5.37. The molecule has 0 unspecified atom stereocenters. The SMILES string of the molecule is Cc1cc(C)n(Cc2ccc(CN3CCC[C@H](C(C)(C)O)C3)cc2)n1. The Morgan fingerprint density at radius 1 is 1.12 bits per heavy atom. The van der Waals surface area contributed by atoms with Crippen LogP contribution in [0.2, 0.25) is 0 Å². The van der Waals surface area contributed by atoms with Gasteiger partial charge in [0.1, 0.15) is 0 Å². The van der Waals surface area contributed by atoms with Crippen LogP contribution in [0.3, 0.4) is 0 Å². The molecule has 0 saturated carbocycles. The number of aliphatic hydroxyl groups is 1. The quantitative estimate of drug-likeness (QED) is 0.904. The monoisotopic (exact) mass is 341 g/mol. The van der Waals surface area contributed by atoms with E-state index in [2.05, 4.69) is 51.9 Å². The van der Waals surface area contributed by atoms with Crippen LogP contribution in [0.15, 0.2) is 30.3 Å². The Morgan fingerprint density at radius 2 is 1.76 bits per heavy atom. The molecule has 25 heavy (non-hydrogen) atoms. The summed E-state index contributed by atoms with van der Waals surface area (Å²) in [6.07, 6.45) is 2.30. The maximum atomic E-state index is 10.3. The van der Waals surface area contributed by atoms with Crippen molar-refractivity contribution in [3.05, 3.63) is 52.8 Å². The summed E-state index contributed by atoms with van der Waals surface area (Å²) in [5, 5.41) is 14.8. The van der Waals surface area contributed by atoms with E-state index in [0.717, 1.165) is 38.3 Å². The zero-order valence-corrected chi connectivity index (χ0v) is 16.0. The lowest BCUT2D eigenvalue weighted by atomic mass is 9.84. The summed E-state index contributed by atoms with van der Waals surface area (Å²) in [6, 6.07) is 11.0. The highest BCUT2D eigenvalue weighted by atomic mass is 16.3. The molecule has 0 amide bonds. The summed E-state index contributed by atoms with van der Waals surface area (Å²) in [4.78, 5) is 2.47. The van der Waals surface area contributed by atoms with E-state index in [-0.39, 0.29) is 0 Å². The Bertz CT molecular complexity index is 697. The number of likely N-dealkylation sites (tertiary alicyclic amines) is 1. The topological polar surface area (TPSA) is 41.3 Å². The summed E-state index contributed by atoms with van der Waals surface area (Å²) < 4.78 is 2.06. The van der Waals surface area contributed by atoms with Gasteiger partial charge in [-0.3, -0.25) is 9.58 Å². The van der Waals surface area contributed by atoms with Crippen molar-refractivity contribution in [2.75, 3.05) is 13.1 Å². The molecule has 136 valence electrons. The standard InChI is InChI=1S/C21H31N3O/c1-16-12-17(2)24(22-16)14-19-9-7-18(8-10-19)13-23-11-5-6-20(15-23)21(3,4)25/h7-10,12,20,25H,5-6,11,13-15H2,1-4H3/t20-/m0/s1. The molecule has 2 aromatic rings. The van der Waals surface area contributed by atoms with Crippen LogP contribution in [0.1, 0.15) is 49.2 Å². The first kappa shape index (κ1) is 18.2. The fourth-order valence-corrected chi connectivity index (χ4v) is 3.79. The molecule has 1 atom stereocenters. The van der Waals surface area contributed by atoms with Gasteiger partial charge in [0, 0.05) is 18.8 Å². The van der Waals surface area contributed by atoms with Gasteiger partial charge in [0.25, 0.3) is 0 Å². The van der Waals surface area contributed by atoms with Crippen LogP contribution in [0.5, 0.6) is 0 Å². The summed E-state index contributed by atoms with van der Waals surface area (Å²) in [6.45, 7) is 11.9. The molecule has 4 nitrogen and oxygen atoms in total. The van der Waals surface area contributed by atoms with E-state index in [1.807, 2.05) is 20.8 Å². The van der Waals surface area contributed by atoms with E-state index in [1.54, 1.807) is 0 Å². The largest absolute Gasteiger partial charge is 0.390 e. The predicted molar refractivity (Wildman–Crippen MR) is 102 cm³/mol. The van der Waals surface area contributed by atoms with E-state index < -0.39 is 5.60 Å². The van der Waals surface area contributed by atoms with Gasteiger partial charge >= 0.3 is 0 Å². The van der Waals surface area contributed by atoms with Crippen LogP contribution >= 0.6 is 0 Å². The molecule has 0 spiro atoms. The maximum Gasteiger partial charge on any atom is 0.0662 e. The van der Waals surface area contributed by atoms with Gasteiger partial charge in [-0.25, -0.2) is 0 Å². The Hall–Kier alpha value is -1.65. The Morgan fingerprint density at radius 3 is 2.32 bits per heavy atom. The van der Waals surface area contributed by atoms with E-state index in [0.29, 0.717) is 5.92 Å². The lowest BCUT2D eigenvalue weighted by Crippen LogP contribution is -2.44. The van der Waals surface area contributed by atoms with Crippen LogP contribution in [-0.2, 0) is 13.1 Å². The predicted octanol–water partition coefficient (Wildman–Crippen LogP) is 3.53. The number of aromatic nitrogens is 2. The molecule has 1 aromatic carbocycles. The van der Waals surface area contributed by atoms with Crippen LogP contribution in [0.4, 0.5) is 0 Å². The van der Waals surface area contributed by atoms with Crippen molar-refractivity contribution in [3.8, 4) is 0 Å². The number of hydrogen-bond acceptors (Lipinski definition) is 3. The zero-order chi connectivity index (χ0) is 18.0. The number of piperidine rings is 1. The highest BCUT2D eigenvalue weighted by molar-refractivity contribution is 5.23.